The van der Waals surface area contributed by atoms with E-state index in [-0.39, 0.29) is 24.9 Å². The van der Waals surface area contributed by atoms with Crippen molar-refractivity contribution in [2.75, 3.05) is 20.3 Å². The van der Waals surface area contributed by atoms with Gasteiger partial charge >= 0.3 is 5.69 Å². The lowest BCUT2D eigenvalue weighted by molar-refractivity contribution is 0.259. The van der Waals surface area contributed by atoms with Gasteiger partial charge in [-0.3, -0.25) is 18.8 Å². The molecule has 0 aliphatic carbocycles. The molecule has 1 aliphatic heterocycles. The van der Waals surface area contributed by atoms with E-state index in [9.17, 15) is 4.79 Å². The van der Waals surface area contributed by atoms with Gasteiger partial charge < -0.3 is 15.2 Å². The Morgan fingerprint density at radius 2 is 2.18 bits per heavy atom. The van der Waals surface area contributed by atoms with E-state index in [1.165, 1.54) is 0 Å². The first-order valence-electron chi connectivity index (χ1n) is 8.97. The fourth-order valence-corrected chi connectivity index (χ4v) is 4.02. The minimum atomic E-state index is -0.276. The number of imidazole rings is 1. The molecular formula is C19H20N6O3. The van der Waals surface area contributed by atoms with Crippen LogP contribution < -0.4 is 20.9 Å². The van der Waals surface area contributed by atoms with Crippen molar-refractivity contribution >= 4 is 21.9 Å². The highest BCUT2D eigenvalue weighted by Gasteiger charge is 2.29. The van der Waals surface area contributed by atoms with Crippen molar-refractivity contribution in [2.24, 2.45) is 19.8 Å². The molecular weight excluding hydrogens is 360 g/mol. The van der Waals surface area contributed by atoms with Crippen molar-refractivity contribution in [1.29, 1.82) is 0 Å². The number of aryl methyl sites for hydroxylation is 2. The average molecular weight is 380 g/mol. The van der Waals surface area contributed by atoms with E-state index in [2.05, 4.69) is 10.1 Å². The molecule has 1 aromatic carbocycles. The van der Waals surface area contributed by atoms with E-state index in [1.807, 2.05) is 19.3 Å². The minimum absolute atomic E-state index is 0.130. The highest BCUT2D eigenvalue weighted by atomic mass is 16.5. The zero-order chi connectivity index (χ0) is 19.6. The normalized spacial score (nSPS) is 15.9. The molecule has 0 amide bonds. The molecule has 1 atom stereocenters. The number of ether oxygens (including phenoxy) is 2. The van der Waals surface area contributed by atoms with Crippen LogP contribution in [0.5, 0.6) is 11.5 Å². The third-order valence-electron chi connectivity index (χ3n) is 5.40. The van der Waals surface area contributed by atoms with E-state index in [0.29, 0.717) is 17.0 Å². The zero-order valence-electron chi connectivity index (χ0n) is 15.8. The second kappa shape index (κ2) is 5.83. The van der Waals surface area contributed by atoms with Crippen LogP contribution in [-0.2, 0) is 14.1 Å². The van der Waals surface area contributed by atoms with Gasteiger partial charge in [0.15, 0.2) is 0 Å². The summed E-state index contributed by atoms with van der Waals surface area (Å²) in [6.45, 7) is 0.565. The molecule has 0 saturated heterocycles. The molecule has 1 unspecified atom stereocenters. The van der Waals surface area contributed by atoms with E-state index in [1.54, 1.807) is 40.4 Å². The average Bonchev–Trinajstić information content (AvgIpc) is 3.17. The molecule has 3 aromatic heterocycles. The van der Waals surface area contributed by atoms with Gasteiger partial charge in [-0.1, -0.05) is 0 Å². The molecule has 1 aliphatic rings. The molecule has 9 nitrogen and oxygen atoms in total. The fraction of sp³-hybridized carbons (Fsp3) is 0.316. The number of nitrogens with two attached hydrogens (primary N) is 1. The van der Waals surface area contributed by atoms with Crippen molar-refractivity contribution < 1.29 is 9.47 Å². The van der Waals surface area contributed by atoms with E-state index in [0.717, 1.165) is 27.5 Å². The Kier molecular flexibility index (Phi) is 3.50. The summed E-state index contributed by atoms with van der Waals surface area (Å²) < 4.78 is 17.0. The van der Waals surface area contributed by atoms with Gasteiger partial charge in [-0.05, 0) is 0 Å². The predicted molar refractivity (Wildman–Crippen MR) is 105 cm³/mol. The highest BCUT2D eigenvalue weighted by Crippen LogP contribution is 2.46. The highest BCUT2D eigenvalue weighted by molar-refractivity contribution is 6.10. The van der Waals surface area contributed by atoms with Gasteiger partial charge in [0.25, 0.3) is 0 Å². The number of rotatable bonds is 3. The molecule has 5 rings (SSSR count). The van der Waals surface area contributed by atoms with Crippen LogP contribution >= 0.6 is 0 Å². The summed E-state index contributed by atoms with van der Waals surface area (Å²) in [5.74, 6) is 1.27. The Hall–Kier alpha value is -3.33. The van der Waals surface area contributed by atoms with Gasteiger partial charge in [-0.15, -0.1) is 0 Å². The van der Waals surface area contributed by atoms with Crippen LogP contribution in [0.15, 0.2) is 29.5 Å². The Morgan fingerprint density at radius 1 is 1.36 bits per heavy atom. The monoisotopic (exact) mass is 380 g/mol. The summed E-state index contributed by atoms with van der Waals surface area (Å²) in [5.41, 5.74) is 9.74. The second-order valence-corrected chi connectivity index (χ2v) is 6.98. The van der Waals surface area contributed by atoms with E-state index >= 15 is 0 Å². The Labute approximate surface area is 159 Å². The van der Waals surface area contributed by atoms with Gasteiger partial charge in [-0.25, -0.2) is 4.79 Å². The Morgan fingerprint density at radius 3 is 2.86 bits per heavy atom. The van der Waals surface area contributed by atoms with Gasteiger partial charge in [0, 0.05) is 38.5 Å². The lowest BCUT2D eigenvalue weighted by Gasteiger charge is -2.17. The molecule has 0 saturated carbocycles. The first kappa shape index (κ1) is 16.8. The van der Waals surface area contributed by atoms with Crippen LogP contribution in [0.3, 0.4) is 0 Å². The maximum absolute atomic E-state index is 12.9. The van der Waals surface area contributed by atoms with Gasteiger partial charge in [0.2, 0.25) is 0 Å². The SMILES string of the molecule is COc1cc2ncc3c4c2c(c1-c1cnn(C)c1)OCC(CN)n4c(=O)n3C. The summed E-state index contributed by atoms with van der Waals surface area (Å²) in [6, 6.07) is 1.59. The number of hydrogen-bond donors (Lipinski definition) is 1. The predicted octanol–water partition coefficient (Wildman–Crippen LogP) is 1.19. The van der Waals surface area contributed by atoms with Crippen LogP contribution in [0.2, 0.25) is 0 Å². The second-order valence-electron chi connectivity index (χ2n) is 6.98. The van der Waals surface area contributed by atoms with Gasteiger partial charge in [0.05, 0.1) is 53.0 Å². The number of nitrogens with zero attached hydrogens (tertiary/aromatic N) is 5. The van der Waals surface area contributed by atoms with Crippen LogP contribution in [0.25, 0.3) is 33.1 Å². The van der Waals surface area contributed by atoms with Crippen molar-refractivity contribution in [3.63, 3.8) is 0 Å². The Balaban J connectivity index is 2.01. The third kappa shape index (κ3) is 2.07. The van der Waals surface area contributed by atoms with Gasteiger partial charge in [0.1, 0.15) is 18.1 Å². The molecule has 2 N–H and O–H groups in total. The standard InChI is InChI=1S/C19H20N6O3/c1-23-8-10(6-22-23)15-14(27-3)4-12-16-17-13(7-21-12)24(2)19(26)25(17)11(5-20)9-28-18(15)16/h4,6-8,11H,5,9,20H2,1-3H3. The number of benzene rings is 1. The number of pyridine rings is 1. The van der Waals surface area contributed by atoms with Gasteiger partial charge in [-0.2, -0.15) is 5.10 Å². The maximum atomic E-state index is 12.9. The topological polar surface area (TPSA) is 102 Å². The zero-order valence-corrected chi connectivity index (χ0v) is 15.8. The number of methoxy groups -OCH3 is 1. The smallest absolute Gasteiger partial charge is 0.329 e. The van der Waals surface area contributed by atoms with Crippen LogP contribution in [0.4, 0.5) is 0 Å². The summed E-state index contributed by atoms with van der Waals surface area (Å²) in [6.07, 6.45) is 5.38. The van der Waals surface area contributed by atoms with Crippen LogP contribution in [0.1, 0.15) is 6.04 Å². The molecule has 4 heterocycles. The first-order valence-corrected chi connectivity index (χ1v) is 8.97. The molecule has 0 spiro atoms. The van der Waals surface area contributed by atoms with Crippen molar-refractivity contribution in [1.82, 2.24) is 23.9 Å². The largest absolute Gasteiger partial charge is 0.496 e. The van der Waals surface area contributed by atoms with Crippen molar-refractivity contribution in [3.8, 4) is 22.6 Å². The maximum Gasteiger partial charge on any atom is 0.329 e. The first-order chi connectivity index (χ1) is 13.5. The summed E-state index contributed by atoms with van der Waals surface area (Å²) in [5, 5.41) is 5.07. The molecule has 0 radical (unpaired) electrons. The number of aromatic nitrogens is 5. The molecule has 28 heavy (non-hydrogen) atoms. The van der Waals surface area contributed by atoms with Crippen LogP contribution in [0, 0.1) is 0 Å². The van der Waals surface area contributed by atoms with Crippen molar-refractivity contribution in [3.05, 3.63) is 35.1 Å². The van der Waals surface area contributed by atoms with E-state index < -0.39 is 0 Å². The Bertz CT molecular complexity index is 1300. The molecule has 0 fully saturated rings. The summed E-state index contributed by atoms with van der Waals surface area (Å²) in [7, 11) is 5.22. The molecule has 9 heteroatoms. The molecule has 0 bridgehead atoms. The molecule has 4 aromatic rings. The lowest BCUT2D eigenvalue weighted by atomic mass is 10.0. The summed E-state index contributed by atoms with van der Waals surface area (Å²) >= 11 is 0. The minimum Gasteiger partial charge on any atom is -0.496 e. The summed E-state index contributed by atoms with van der Waals surface area (Å²) in [4.78, 5) is 17.5. The lowest BCUT2D eigenvalue weighted by Crippen LogP contribution is -2.33. The van der Waals surface area contributed by atoms with Crippen molar-refractivity contribution in [2.45, 2.75) is 6.04 Å². The molecule has 144 valence electrons. The van der Waals surface area contributed by atoms with E-state index in [4.69, 9.17) is 15.2 Å². The van der Waals surface area contributed by atoms with Crippen LogP contribution in [-0.4, -0.2) is 44.2 Å². The fourth-order valence-electron chi connectivity index (χ4n) is 4.02. The third-order valence-corrected chi connectivity index (χ3v) is 5.40. The quantitative estimate of drug-likeness (QED) is 0.573. The number of hydrogen-bond acceptors (Lipinski definition) is 6.